The molecule has 0 bridgehead atoms. The summed E-state index contributed by atoms with van der Waals surface area (Å²) >= 11 is 6.01. The van der Waals surface area contributed by atoms with Crippen molar-refractivity contribution in [3.05, 3.63) is 107 Å². The predicted molar refractivity (Wildman–Crippen MR) is 155 cm³/mol. The Labute approximate surface area is 235 Å². The molecule has 0 fully saturated rings. The first-order valence-electron chi connectivity index (χ1n) is 12.2. The molecule has 10 heteroatoms. The summed E-state index contributed by atoms with van der Waals surface area (Å²) in [6.07, 6.45) is 2.57. The van der Waals surface area contributed by atoms with Gasteiger partial charge in [0.2, 0.25) is 5.91 Å². The Morgan fingerprint density at radius 2 is 1.77 bits per heavy atom. The van der Waals surface area contributed by atoms with Crippen LogP contribution in [0, 0.1) is 0 Å². The van der Waals surface area contributed by atoms with E-state index in [0.29, 0.717) is 30.7 Å². The number of nitrogens with zero attached hydrogens (tertiary/aromatic N) is 1. The van der Waals surface area contributed by atoms with Crippen LogP contribution in [0.15, 0.2) is 88.8 Å². The van der Waals surface area contributed by atoms with Gasteiger partial charge in [-0.05, 0) is 73.8 Å². The Bertz CT molecular complexity index is 1480. The fraction of sp³-hybridized carbons (Fsp3) is 0.241. The van der Waals surface area contributed by atoms with Gasteiger partial charge in [-0.25, -0.2) is 0 Å². The normalized spacial score (nSPS) is 12.1. The van der Waals surface area contributed by atoms with Crippen LogP contribution in [0.3, 0.4) is 0 Å². The lowest BCUT2D eigenvalue weighted by atomic mass is 9.97. The summed E-state index contributed by atoms with van der Waals surface area (Å²) in [7, 11) is -2.58. The number of amidine groups is 1. The molecule has 3 rings (SSSR count). The average Bonchev–Trinajstić information content (AvgIpc) is 2.89. The smallest absolute Gasteiger partial charge is 0.284 e. The number of carbonyl (C=O) groups excluding carboxylic acids is 1. The van der Waals surface area contributed by atoms with Crippen LogP contribution in [0.2, 0.25) is 5.02 Å². The number of hydrogen-bond acceptors (Lipinski definition) is 5. The Hall–Kier alpha value is -3.66. The average molecular weight is 569 g/mol. The van der Waals surface area contributed by atoms with Crippen LogP contribution in [-0.2, 0) is 34.2 Å². The molecule has 0 aliphatic heterocycles. The van der Waals surface area contributed by atoms with E-state index in [2.05, 4.69) is 21.6 Å². The van der Waals surface area contributed by atoms with Gasteiger partial charge in [0.1, 0.15) is 5.75 Å². The molecule has 0 heterocycles. The van der Waals surface area contributed by atoms with Crippen LogP contribution in [-0.4, -0.2) is 32.8 Å². The summed E-state index contributed by atoms with van der Waals surface area (Å²) in [5, 5.41) is 6.01. The molecule has 0 unspecified atom stereocenters. The van der Waals surface area contributed by atoms with E-state index in [9.17, 15) is 13.2 Å². The Balaban J connectivity index is 1.92. The molecule has 0 spiro atoms. The molecule has 1 amide bonds. The molecule has 0 aromatic heterocycles. The fourth-order valence-electron chi connectivity index (χ4n) is 3.85. The van der Waals surface area contributed by atoms with E-state index < -0.39 is 15.6 Å². The van der Waals surface area contributed by atoms with Gasteiger partial charge in [-0.1, -0.05) is 60.6 Å². The monoisotopic (exact) mass is 568 g/mol. The number of hydrogen-bond donors (Lipinski definition) is 3. The van der Waals surface area contributed by atoms with E-state index in [4.69, 9.17) is 22.1 Å². The summed E-state index contributed by atoms with van der Waals surface area (Å²) < 4.78 is 36.0. The topological polar surface area (TPSA) is 123 Å². The van der Waals surface area contributed by atoms with E-state index in [1.807, 2.05) is 36.4 Å². The fourth-order valence-corrected chi connectivity index (χ4v) is 5.12. The number of sulfonamides is 1. The van der Waals surface area contributed by atoms with Gasteiger partial charge < -0.3 is 21.1 Å². The van der Waals surface area contributed by atoms with Gasteiger partial charge in [-0.15, -0.1) is 4.40 Å². The molecule has 0 saturated carbocycles. The molecular formula is C29H33ClN4O4S. The van der Waals surface area contributed by atoms with Crippen LogP contribution in [0.4, 0.5) is 0 Å². The van der Waals surface area contributed by atoms with Gasteiger partial charge in [-0.2, -0.15) is 8.42 Å². The van der Waals surface area contributed by atoms with E-state index in [-0.39, 0.29) is 21.7 Å². The number of halogens is 1. The highest BCUT2D eigenvalue weighted by Gasteiger charge is 2.22. The zero-order valence-electron chi connectivity index (χ0n) is 22.2. The maximum Gasteiger partial charge on any atom is 0.284 e. The van der Waals surface area contributed by atoms with Gasteiger partial charge in [0.25, 0.3) is 10.0 Å². The van der Waals surface area contributed by atoms with Gasteiger partial charge in [0, 0.05) is 11.6 Å². The molecule has 0 aliphatic carbocycles. The first kappa shape index (κ1) is 29.9. The molecule has 3 aromatic rings. The molecule has 4 N–H and O–H groups in total. The highest BCUT2D eigenvalue weighted by atomic mass is 35.5. The maximum atomic E-state index is 13.1. The number of rotatable bonds is 11. The lowest BCUT2D eigenvalue weighted by Gasteiger charge is -2.18. The first-order valence-corrected chi connectivity index (χ1v) is 14.1. The minimum atomic E-state index is -4.10. The molecular weight excluding hydrogens is 536 g/mol. The SMILES string of the molecule is C=CNC(=NS(=O)(=O)c1cccc(Cl)c1)c1c(CCc2cccc(CNC(=O)C(C)(C)N)c2)cccc1OC. The summed E-state index contributed by atoms with van der Waals surface area (Å²) in [6, 6.07) is 19.3. The third-order valence-electron chi connectivity index (χ3n) is 5.83. The van der Waals surface area contributed by atoms with Gasteiger partial charge in [0.15, 0.2) is 5.84 Å². The highest BCUT2D eigenvalue weighted by molar-refractivity contribution is 7.90. The van der Waals surface area contributed by atoms with Crippen LogP contribution < -0.4 is 21.1 Å². The van der Waals surface area contributed by atoms with Crippen molar-refractivity contribution in [2.75, 3.05) is 7.11 Å². The van der Waals surface area contributed by atoms with E-state index in [0.717, 1.165) is 16.7 Å². The third kappa shape index (κ3) is 8.16. The minimum absolute atomic E-state index is 0.0308. The number of carbonyl (C=O) groups is 1. The number of nitrogens with two attached hydrogens (primary N) is 1. The van der Waals surface area contributed by atoms with Crippen LogP contribution >= 0.6 is 11.6 Å². The molecule has 0 radical (unpaired) electrons. The van der Waals surface area contributed by atoms with Gasteiger partial charge in [-0.3, -0.25) is 4.79 Å². The molecule has 0 atom stereocenters. The van der Waals surface area contributed by atoms with E-state index in [1.54, 1.807) is 32.0 Å². The number of aryl methyl sites for hydroxylation is 2. The van der Waals surface area contributed by atoms with Crippen molar-refractivity contribution in [3.8, 4) is 5.75 Å². The number of amides is 1. The van der Waals surface area contributed by atoms with Crippen molar-refractivity contribution < 1.29 is 17.9 Å². The van der Waals surface area contributed by atoms with Crippen molar-refractivity contribution in [3.63, 3.8) is 0 Å². The molecule has 3 aromatic carbocycles. The van der Waals surface area contributed by atoms with Gasteiger partial charge in [0.05, 0.1) is 23.1 Å². The summed E-state index contributed by atoms with van der Waals surface area (Å²) in [5.74, 6) is 0.309. The minimum Gasteiger partial charge on any atom is -0.496 e. The van der Waals surface area contributed by atoms with Crippen LogP contribution in [0.25, 0.3) is 0 Å². The van der Waals surface area contributed by atoms with Crippen molar-refractivity contribution in [1.82, 2.24) is 10.6 Å². The second-order valence-electron chi connectivity index (χ2n) is 9.44. The van der Waals surface area contributed by atoms with Crippen molar-refractivity contribution in [1.29, 1.82) is 0 Å². The molecule has 8 nitrogen and oxygen atoms in total. The summed E-state index contributed by atoms with van der Waals surface area (Å²) in [5.41, 5.74) is 8.23. The standard InChI is InChI=1S/C29H33ClN4O4S/c1-5-32-27(34-39(36,37)24-13-8-12-23(30)18-24)26-22(11-7-14-25(26)38-4)16-15-20-9-6-10-21(17-20)19-33-28(35)29(2,3)31/h5-14,17-18H,1,15-16,19,31H2,2-4H3,(H,32,34)(H,33,35). The largest absolute Gasteiger partial charge is 0.496 e. The number of benzene rings is 3. The Morgan fingerprint density at radius 3 is 2.44 bits per heavy atom. The quantitative estimate of drug-likeness (QED) is 0.233. The van der Waals surface area contributed by atoms with Crippen molar-refractivity contribution in [2.24, 2.45) is 10.1 Å². The number of nitrogens with one attached hydrogen (secondary N) is 2. The third-order valence-corrected chi connectivity index (χ3v) is 7.33. The zero-order valence-corrected chi connectivity index (χ0v) is 23.8. The highest BCUT2D eigenvalue weighted by Crippen LogP contribution is 2.26. The maximum absolute atomic E-state index is 13.1. The first-order chi connectivity index (χ1) is 18.4. The summed E-state index contributed by atoms with van der Waals surface area (Å²) in [4.78, 5) is 12.1. The predicted octanol–water partition coefficient (Wildman–Crippen LogP) is 4.36. The molecule has 0 saturated heterocycles. The molecule has 206 valence electrons. The Kier molecular flexibility index (Phi) is 9.91. The number of methoxy groups -OCH3 is 1. The second-order valence-corrected chi connectivity index (χ2v) is 11.5. The van der Waals surface area contributed by atoms with E-state index >= 15 is 0 Å². The number of ether oxygens (including phenoxy) is 1. The lowest BCUT2D eigenvalue weighted by Crippen LogP contribution is -2.48. The lowest BCUT2D eigenvalue weighted by molar-refractivity contribution is -0.125. The summed E-state index contributed by atoms with van der Waals surface area (Å²) in [6.45, 7) is 7.36. The zero-order chi connectivity index (χ0) is 28.6. The van der Waals surface area contributed by atoms with Crippen LogP contribution in [0.1, 0.15) is 36.1 Å². The van der Waals surface area contributed by atoms with Gasteiger partial charge >= 0.3 is 0 Å². The van der Waals surface area contributed by atoms with Crippen molar-refractivity contribution >= 4 is 33.4 Å². The molecule has 39 heavy (non-hydrogen) atoms. The van der Waals surface area contributed by atoms with E-state index in [1.165, 1.54) is 25.4 Å². The van der Waals surface area contributed by atoms with Crippen LogP contribution in [0.5, 0.6) is 5.75 Å². The van der Waals surface area contributed by atoms with Crippen molar-refractivity contribution in [2.45, 2.75) is 43.7 Å². The second kappa shape index (κ2) is 12.9. The Morgan fingerprint density at radius 1 is 1.08 bits per heavy atom. The molecule has 0 aliphatic rings.